The van der Waals surface area contributed by atoms with Crippen LogP contribution in [0.1, 0.15) is 43.4 Å². The molecule has 0 aromatic heterocycles. The van der Waals surface area contributed by atoms with Gasteiger partial charge >= 0.3 is 0 Å². The van der Waals surface area contributed by atoms with Gasteiger partial charge in [-0.3, -0.25) is 0 Å². The van der Waals surface area contributed by atoms with Crippen LogP contribution in [0.2, 0.25) is 10.0 Å². The van der Waals surface area contributed by atoms with Crippen molar-refractivity contribution >= 4 is 38.9 Å². The minimum atomic E-state index is -3.58. The van der Waals surface area contributed by atoms with Crippen molar-refractivity contribution in [2.45, 2.75) is 43.2 Å². The smallest absolute Gasteiger partial charge is 0.240 e. The second-order valence-electron chi connectivity index (χ2n) is 7.83. The number of aromatic hydroxyl groups is 1. The summed E-state index contributed by atoms with van der Waals surface area (Å²) in [6.07, 6.45) is 5.00. The molecular weight excluding hydrogens is 431 g/mol. The van der Waals surface area contributed by atoms with Crippen molar-refractivity contribution in [3.8, 4) is 5.75 Å². The Labute approximate surface area is 180 Å². The number of phenols is 1. The van der Waals surface area contributed by atoms with Crippen LogP contribution in [0.5, 0.6) is 5.75 Å². The first-order valence-electron chi connectivity index (χ1n) is 9.45. The molecule has 0 saturated heterocycles. The molecule has 3 atom stereocenters. The normalized spacial score (nSPS) is 23.0. The lowest BCUT2D eigenvalue weighted by atomic mass is 9.77. The summed E-state index contributed by atoms with van der Waals surface area (Å²) in [5.41, 5.74) is 2.41. The summed E-state index contributed by atoms with van der Waals surface area (Å²) < 4.78 is 27.9. The molecule has 1 heterocycles. The van der Waals surface area contributed by atoms with Crippen molar-refractivity contribution in [2.75, 3.05) is 5.32 Å². The van der Waals surface area contributed by atoms with E-state index in [0.717, 1.165) is 17.7 Å². The van der Waals surface area contributed by atoms with Crippen LogP contribution in [-0.2, 0) is 10.0 Å². The van der Waals surface area contributed by atoms with E-state index in [2.05, 4.69) is 22.2 Å². The summed E-state index contributed by atoms with van der Waals surface area (Å²) in [6, 6.07) is 7.97. The Morgan fingerprint density at radius 3 is 2.66 bits per heavy atom. The van der Waals surface area contributed by atoms with Gasteiger partial charge < -0.3 is 10.4 Å². The number of fused-ring (bicyclic) bond motifs is 3. The molecule has 3 N–H and O–H groups in total. The first-order valence-corrected chi connectivity index (χ1v) is 11.7. The van der Waals surface area contributed by atoms with Crippen molar-refractivity contribution in [2.24, 2.45) is 5.92 Å². The molecule has 5 nitrogen and oxygen atoms in total. The van der Waals surface area contributed by atoms with Crippen LogP contribution in [-0.4, -0.2) is 19.6 Å². The van der Waals surface area contributed by atoms with E-state index in [1.165, 1.54) is 6.07 Å². The lowest BCUT2D eigenvalue weighted by Crippen LogP contribution is -2.32. The van der Waals surface area contributed by atoms with E-state index in [0.29, 0.717) is 10.6 Å². The molecule has 2 aromatic carbocycles. The van der Waals surface area contributed by atoms with Crippen LogP contribution in [0.3, 0.4) is 0 Å². The third kappa shape index (κ3) is 3.75. The van der Waals surface area contributed by atoms with Gasteiger partial charge in [0.1, 0.15) is 5.75 Å². The molecule has 0 amide bonds. The molecule has 0 bridgehead atoms. The number of rotatable bonds is 4. The number of sulfonamides is 1. The number of allylic oxidation sites excluding steroid dienone is 2. The summed E-state index contributed by atoms with van der Waals surface area (Å²) in [4.78, 5) is 0.248. The SMILES string of the molecule is CC(C)NS(=O)(=O)c1ccc2c(c1)C1C=CCC1C(c1cc(Cl)cc(Cl)c1O)N2. The van der Waals surface area contributed by atoms with Crippen molar-refractivity contribution in [1.82, 2.24) is 4.72 Å². The van der Waals surface area contributed by atoms with Crippen LogP contribution in [0, 0.1) is 5.92 Å². The molecule has 2 aliphatic rings. The maximum Gasteiger partial charge on any atom is 0.240 e. The standard InChI is InChI=1S/C21H22Cl2N2O3S/c1-11(2)25-29(27,28)13-6-7-19-16(10-13)14-4-3-5-15(14)20(24-19)17-8-12(22)9-18(23)21(17)26/h3-4,6-11,14-15,20,24-26H,5H2,1-2H3. The Hall–Kier alpha value is -1.73. The maximum atomic E-state index is 12.6. The van der Waals surface area contributed by atoms with E-state index in [1.54, 1.807) is 38.1 Å². The molecule has 1 aliphatic heterocycles. The van der Waals surface area contributed by atoms with Crippen molar-refractivity contribution in [3.63, 3.8) is 0 Å². The fourth-order valence-electron chi connectivity index (χ4n) is 4.25. The van der Waals surface area contributed by atoms with E-state index in [9.17, 15) is 13.5 Å². The Morgan fingerprint density at radius 2 is 1.93 bits per heavy atom. The van der Waals surface area contributed by atoms with Gasteiger partial charge in [-0.1, -0.05) is 35.4 Å². The summed E-state index contributed by atoms with van der Waals surface area (Å²) >= 11 is 12.3. The largest absolute Gasteiger partial charge is 0.506 e. The van der Waals surface area contributed by atoms with Crippen LogP contribution < -0.4 is 10.0 Å². The first kappa shape index (κ1) is 20.5. The highest BCUT2D eigenvalue weighted by atomic mass is 35.5. The number of anilines is 1. The zero-order chi connectivity index (χ0) is 20.9. The lowest BCUT2D eigenvalue weighted by Gasteiger charge is -2.38. The Kier molecular flexibility index (Phi) is 5.32. The topological polar surface area (TPSA) is 78.4 Å². The van der Waals surface area contributed by atoms with E-state index >= 15 is 0 Å². The second-order valence-corrected chi connectivity index (χ2v) is 10.4. The average molecular weight is 453 g/mol. The molecule has 0 fully saturated rings. The summed E-state index contributed by atoms with van der Waals surface area (Å²) in [5.74, 6) is 0.157. The molecule has 3 unspecified atom stereocenters. The third-order valence-electron chi connectivity index (χ3n) is 5.43. The van der Waals surface area contributed by atoms with Gasteiger partial charge in [-0.15, -0.1) is 0 Å². The van der Waals surface area contributed by atoms with Crippen molar-refractivity contribution in [1.29, 1.82) is 0 Å². The fourth-order valence-corrected chi connectivity index (χ4v) is 6.04. The average Bonchev–Trinajstić information content (AvgIpc) is 3.12. The van der Waals surface area contributed by atoms with Gasteiger partial charge in [0.25, 0.3) is 0 Å². The van der Waals surface area contributed by atoms with E-state index in [-0.39, 0.29) is 39.6 Å². The van der Waals surface area contributed by atoms with Gasteiger partial charge in [0.05, 0.1) is 16.0 Å². The number of hydrogen-bond acceptors (Lipinski definition) is 4. The number of halogens is 2. The molecule has 1 aliphatic carbocycles. The van der Waals surface area contributed by atoms with Gasteiger partial charge in [-0.2, -0.15) is 0 Å². The predicted octanol–water partition coefficient (Wildman–Crippen LogP) is 5.21. The first-order chi connectivity index (χ1) is 13.7. The molecule has 2 aromatic rings. The van der Waals surface area contributed by atoms with Gasteiger partial charge in [0.15, 0.2) is 0 Å². The number of hydrogen-bond donors (Lipinski definition) is 3. The van der Waals surface area contributed by atoms with Crippen LogP contribution in [0.4, 0.5) is 5.69 Å². The summed E-state index contributed by atoms with van der Waals surface area (Å²) in [6.45, 7) is 3.58. The van der Waals surface area contributed by atoms with E-state index < -0.39 is 10.0 Å². The quantitative estimate of drug-likeness (QED) is 0.556. The lowest BCUT2D eigenvalue weighted by molar-refractivity contribution is 0.402. The number of benzene rings is 2. The Bertz CT molecular complexity index is 1100. The Morgan fingerprint density at radius 1 is 1.17 bits per heavy atom. The number of phenolic OH excluding ortho intramolecular Hbond substituents is 1. The highest BCUT2D eigenvalue weighted by molar-refractivity contribution is 7.89. The molecule has 0 spiro atoms. The van der Waals surface area contributed by atoms with Crippen molar-refractivity contribution < 1.29 is 13.5 Å². The van der Waals surface area contributed by atoms with Crippen LogP contribution in [0.15, 0.2) is 47.4 Å². The van der Waals surface area contributed by atoms with Gasteiger partial charge in [-0.05, 0) is 62.1 Å². The highest BCUT2D eigenvalue weighted by Crippen LogP contribution is 2.52. The molecule has 29 heavy (non-hydrogen) atoms. The highest BCUT2D eigenvalue weighted by Gasteiger charge is 2.39. The summed E-state index contributed by atoms with van der Waals surface area (Å²) in [7, 11) is -3.58. The predicted molar refractivity (Wildman–Crippen MR) is 116 cm³/mol. The van der Waals surface area contributed by atoms with Crippen LogP contribution >= 0.6 is 23.2 Å². The molecule has 8 heteroatoms. The Balaban J connectivity index is 1.77. The minimum absolute atomic E-state index is 0.0167. The zero-order valence-electron chi connectivity index (χ0n) is 16.0. The second kappa shape index (κ2) is 7.51. The van der Waals surface area contributed by atoms with Gasteiger partial charge in [0, 0.05) is 28.2 Å². The molecule has 0 radical (unpaired) electrons. The van der Waals surface area contributed by atoms with Crippen molar-refractivity contribution in [3.05, 3.63) is 63.7 Å². The van der Waals surface area contributed by atoms with Crippen LogP contribution in [0.25, 0.3) is 0 Å². The number of nitrogens with one attached hydrogen (secondary N) is 2. The minimum Gasteiger partial charge on any atom is -0.506 e. The summed E-state index contributed by atoms with van der Waals surface area (Å²) in [5, 5.41) is 14.7. The molecule has 154 valence electrons. The fraction of sp³-hybridized carbons (Fsp3) is 0.333. The monoisotopic (exact) mass is 452 g/mol. The molecular formula is C21H22Cl2N2O3S. The molecule has 0 saturated carbocycles. The van der Waals surface area contributed by atoms with Gasteiger partial charge in [-0.25, -0.2) is 13.1 Å². The van der Waals surface area contributed by atoms with E-state index in [4.69, 9.17) is 23.2 Å². The van der Waals surface area contributed by atoms with Gasteiger partial charge in [0.2, 0.25) is 10.0 Å². The zero-order valence-corrected chi connectivity index (χ0v) is 18.3. The maximum absolute atomic E-state index is 12.6. The van der Waals surface area contributed by atoms with E-state index in [1.807, 2.05) is 0 Å². The third-order valence-corrected chi connectivity index (χ3v) is 7.59. The molecule has 4 rings (SSSR count).